The fourth-order valence-corrected chi connectivity index (χ4v) is 4.30. The zero-order chi connectivity index (χ0) is 14.6. The van der Waals surface area contributed by atoms with Gasteiger partial charge in [-0.15, -0.1) is 0 Å². The number of anilines is 2. The minimum atomic E-state index is -0.732. The van der Waals surface area contributed by atoms with E-state index in [0.29, 0.717) is 11.4 Å². The van der Waals surface area contributed by atoms with Gasteiger partial charge in [-0.05, 0) is 30.7 Å². The normalized spacial score (nSPS) is 22.4. The lowest BCUT2D eigenvalue weighted by molar-refractivity contribution is -0.138. The highest BCUT2D eigenvalue weighted by Crippen LogP contribution is 2.55. The maximum absolute atomic E-state index is 11.3. The van der Waals surface area contributed by atoms with Crippen LogP contribution < -0.4 is 4.90 Å². The van der Waals surface area contributed by atoms with Crippen molar-refractivity contribution in [3.05, 3.63) is 47.5 Å². The fraction of sp³-hybridized carbons (Fsp3) is 0.188. The quantitative estimate of drug-likeness (QED) is 0.890. The summed E-state index contributed by atoms with van der Waals surface area (Å²) in [4.78, 5) is 15.6. The molecule has 1 aliphatic heterocycles. The van der Waals surface area contributed by atoms with E-state index in [1.165, 1.54) is 0 Å². The van der Waals surface area contributed by atoms with Crippen molar-refractivity contribution in [3.63, 3.8) is 0 Å². The zero-order valence-electron chi connectivity index (χ0n) is 11.0. The summed E-state index contributed by atoms with van der Waals surface area (Å²) in [5, 5.41) is 9.93. The summed E-state index contributed by atoms with van der Waals surface area (Å²) in [5.41, 5.74) is 1.99. The summed E-state index contributed by atoms with van der Waals surface area (Å²) >= 11 is 8.08. The summed E-state index contributed by atoms with van der Waals surface area (Å²) in [5.74, 6) is -1.05. The lowest BCUT2D eigenvalue weighted by atomic mass is 10.2. The third-order valence-corrected chi connectivity index (χ3v) is 5.36. The fourth-order valence-electron chi connectivity index (χ4n) is 2.87. The van der Waals surface area contributed by atoms with Crippen LogP contribution in [0.4, 0.5) is 11.4 Å². The molecular weight excluding hydrogens is 306 g/mol. The molecule has 2 atom stereocenters. The van der Waals surface area contributed by atoms with Crippen LogP contribution in [-0.4, -0.2) is 17.1 Å². The van der Waals surface area contributed by atoms with E-state index in [-0.39, 0.29) is 12.0 Å². The summed E-state index contributed by atoms with van der Waals surface area (Å²) in [6.45, 7) is 0. The van der Waals surface area contributed by atoms with Crippen LogP contribution in [0.3, 0.4) is 0 Å². The highest BCUT2D eigenvalue weighted by Gasteiger charge is 2.49. The van der Waals surface area contributed by atoms with E-state index in [2.05, 4.69) is 11.0 Å². The standard InChI is InChI=1S/C16H12ClNO2S/c17-10-4-3-7-14-15(10)18(12-8-9(12)16(19)20)11-5-1-2-6-13(11)21-14/h1-7,9,12H,8H2,(H,19,20)/t9-,12-/m1/s1. The lowest BCUT2D eigenvalue weighted by Gasteiger charge is -2.33. The van der Waals surface area contributed by atoms with Gasteiger partial charge >= 0.3 is 5.97 Å². The second kappa shape index (κ2) is 4.68. The highest BCUT2D eigenvalue weighted by atomic mass is 35.5. The van der Waals surface area contributed by atoms with Crippen LogP contribution in [0.25, 0.3) is 0 Å². The second-order valence-corrected chi connectivity index (χ2v) is 6.77. The van der Waals surface area contributed by atoms with Crippen LogP contribution in [0.15, 0.2) is 52.3 Å². The van der Waals surface area contributed by atoms with Crippen molar-refractivity contribution in [2.45, 2.75) is 22.3 Å². The molecule has 106 valence electrons. The molecular formula is C16H12ClNO2S. The third-order valence-electron chi connectivity index (χ3n) is 3.94. The molecule has 1 saturated carbocycles. The number of rotatable bonds is 2. The van der Waals surface area contributed by atoms with Crippen molar-refractivity contribution in [1.29, 1.82) is 0 Å². The zero-order valence-corrected chi connectivity index (χ0v) is 12.6. The predicted octanol–water partition coefficient (Wildman–Crippen LogP) is 4.42. The molecule has 2 aromatic rings. The van der Waals surface area contributed by atoms with E-state index in [0.717, 1.165) is 21.2 Å². The second-order valence-electron chi connectivity index (χ2n) is 5.27. The van der Waals surface area contributed by atoms with E-state index in [1.807, 2.05) is 36.4 Å². The molecule has 1 aliphatic carbocycles. The third kappa shape index (κ3) is 2.01. The molecule has 1 heterocycles. The maximum atomic E-state index is 11.3. The first-order valence-electron chi connectivity index (χ1n) is 6.74. The van der Waals surface area contributed by atoms with E-state index >= 15 is 0 Å². The number of carboxylic acid groups (broad SMARTS) is 1. The molecule has 1 N–H and O–H groups in total. The molecule has 0 bridgehead atoms. The molecule has 0 aromatic heterocycles. The molecule has 0 radical (unpaired) electrons. The summed E-state index contributed by atoms with van der Waals surface area (Å²) in [6.07, 6.45) is 0.666. The molecule has 5 heteroatoms. The molecule has 4 rings (SSSR count). The monoisotopic (exact) mass is 317 g/mol. The van der Waals surface area contributed by atoms with E-state index in [1.54, 1.807) is 11.8 Å². The Hall–Kier alpha value is -1.65. The molecule has 2 aliphatic rings. The summed E-state index contributed by atoms with van der Waals surface area (Å²) in [7, 11) is 0. The average molecular weight is 318 g/mol. The Labute approximate surface area is 131 Å². The van der Waals surface area contributed by atoms with Crippen LogP contribution in [0.1, 0.15) is 6.42 Å². The molecule has 3 nitrogen and oxygen atoms in total. The van der Waals surface area contributed by atoms with Gasteiger partial charge in [0.25, 0.3) is 0 Å². The Morgan fingerprint density at radius 2 is 1.95 bits per heavy atom. The van der Waals surface area contributed by atoms with Crippen molar-refractivity contribution in [1.82, 2.24) is 0 Å². The van der Waals surface area contributed by atoms with Crippen molar-refractivity contribution in [2.24, 2.45) is 5.92 Å². The molecule has 21 heavy (non-hydrogen) atoms. The number of hydrogen-bond donors (Lipinski definition) is 1. The number of carbonyl (C=O) groups is 1. The van der Waals surface area contributed by atoms with Crippen LogP contribution in [0.2, 0.25) is 5.02 Å². The number of hydrogen-bond acceptors (Lipinski definition) is 3. The largest absolute Gasteiger partial charge is 0.481 e. The van der Waals surface area contributed by atoms with Crippen LogP contribution in [0, 0.1) is 5.92 Å². The minimum Gasteiger partial charge on any atom is -0.481 e. The number of fused-ring (bicyclic) bond motifs is 2. The average Bonchev–Trinajstić information content (AvgIpc) is 3.25. The van der Waals surface area contributed by atoms with Crippen molar-refractivity contribution >= 4 is 40.7 Å². The Balaban J connectivity index is 1.87. The van der Waals surface area contributed by atoms with Crippen LogP contribution in [0.5, 0.6) is 0 Å². The SMILES string of the molecule is O=C(O)[C@@H]1C[C@H]1N1c2ccccc2Sc2cccc(Cl)c21. The predicted molar refractivity (Wildman–Crippen MR) is 83.7 cm³/mol. The molecule has 0 amide bonds. The van der Waals surface area contributed by atoms with E-state index in [4.69, 9.17) is 11.6 Å². The van der Waals surface area contributed by atoms with Gasteiger partial charge in [-0.25, -0.2) is 0 Å². The van der Waals surface area contributed by atoms with Gasteiger partial charge in [-0.3, -0.25) is 4.79 Å². The van der Waals surface area contributed by atoms with Gasteiger partial charge in [0.2, 0.25) is 0 Å². The maximum Gasteiger partial charge on any atom is 0.308 e. The number of carboxylic acids is 1. The number of aliphatic carboxylic acids is 1. The van der Waals surface area contributed by atoms with Crippen molar-refractivity contribution < 1.29 is 9.90 Å². The van der Waals surface area contributed by atoms with Crippen molar-refractivity contribution in [2.75, 3.05) is 4.90 Å². The smallest absolute Gasteiger partial charge is 0.308 e. The number of nitrogens with zero attached hydrogens (tertiary/aromatic N) is 1. The number of para-hydroxylation sites is 2. The van der Waals surface area contributed by atoms with Crippen LogP contribution >= 0.6 is 23.4 Å². The summed E-state index contributed by atoms with van der Waals surface area (Å²) < 4.78 is 0. The van der Waals surface area contributed by atoms with Gasteiger partial charge in [0.15, 0.2) is 0 Å². The Morgan fingerprint density at radius 3 is 2.71 bits per heavy atom. The van der Waals surface area contributed by atoms with Gasteiger partial charge in [-0.1, -0.05) is 41.6 Å². The Morgan fingerprint density at radius 1 is 1.19 bits per heavy atom. The summed E-state index contributed by atoms with van der Waals surface area (Å²) in [6, 6.07) is 13.9. The van der Waals surface area contributed by atoms with E-state index in [9.17, 15) is 9.90 Å². The first-order chi connectivity index (χ1) is 10.2. The molecule has 1 fully saturated rings. The Kier molecular flexibility index (Phi) is 2.91. The van der Waals surface area contributed by atoms with Gasteiger partial charge in [-0.2, -0.15) is 0 Å². The van der Waals surface area contributed by atoms with Gasteiger partial charge in [0.1, 0.15) is 0 Å². The number of halogens is 1. The number of benzene rings is 2. The van der Waals surface area contributed by atoms with E-state index < -0.39 is 5.97 Å². The minimum absolute atomic E-state index is 0.0109. The molecule has 0 spiro atoms. The topological polar surface area (TPSA) is 40.5 Å². The first-order valence-corrected chi connectivity index (χ1v) is 7.93. The first kappa shape index (κ1) is 13.0. The molecule has 0 unspecified atom stereocenters. The highest BCUT2D eigenvalue weighted by molar-refractivity contribution is 7.99. The van der Waals surface area contributed by atoms with Crippen molar-refractivity contribution in [3.8, 4) is 0 Å². The van der Waals surface area contributed by atoms with Gasteiger partial charge in [0, 0.05) is 15.8 Å². The lowest BCUT2D eigenvalue weighted by Crippen LogP contribution is -2.26. The molecule has 0 saturated heterocycles. The molecule has 2 aromatic carbocycles. The Bertz CT molecular complexity index is 749. The van der Waals surface area contributed by atoms with Gasteiger partial charge in [0.05, 0.1) is 22.3 Å². The van der Waals surface area contributed by atoms with Gasteiger partial charge < -0.3 is 10.0 Å². The van der Waals surface area contributed by atoms with Crippen LogP contribution in [-0.2, 0) is 4.79 Å².